The fraction of sp³-hybridized carbons (Fsp3) is 0.125. The van der Waals surface area contributed by atoms with Crippen molar-refractivity contribution in [3.8, 4) is 5.75 Å². The molecule has 78 valence electrons. The Morgan fingerprint density at radius 1 is 1.53 bits per heavy atom. The summed E-state index contributed by atoms with van der Waals surface area (Å²) in [6.07, 6.45) is 0. The highest BCUT2D eigenvalue weighted by Crippen LogP contribution is 2.27. The number of hydrogen-bond acceptors (Lipinski definition) is 5. The number of nitrogens with zero attached hydrogens (tertiary/aromatic N) is 1. The number of aromatic nitrogens is 1. The van der Waals surface area contributed by atoms with Gasteiger partial charge in [-0.1, -0.05) is 0 Å². The van der Waals surface area contributed by atoms with Crippen molar-refractivity contribution in [3.63, 3.8) is 0 Å². The highest BCUT2D eigenvalue weighted by Gasteiger charge is 2.14. The van der Waals surface area contributed by atoms with Crippen LogP contribution in [-0.2, 0) is 15.7 Å². The van der Waals surface area contributed by atoms with Crippen LogP contribution in [0.25, 0.3) is 10.2 Å². The second-order valence-corrected chi connectivity index (χ2v) is 4.62. The van der Waals surface area contributed by atoms with Crippen LogP contribution in [0.15, 0.2) is 18.2 Å². The fourth-order valence-electron chi connectivity index (χ4n) is 1.13. The van der Waals surface area contributed by atoms with E-state index in [1.807, 2.05) is 0 Å². The first-order valence-electron chi connectivity index (χ1n) is 4.02. The van der Waals surface area contributed by atoms with E-state index in [4.69, 9.17) is 4.89 Å². The third-order valence-electron chi connectivity index (χ3n) is 1.71. The van der Waals surface area contributed by atoms with Gasteiger partial charge in [0, 0.05) is 4.57 Å². The van der Waals surface area contributed by atoms with Crippen LogP contribution >= 0.6 is 19.6 Å². The van der Waals surface area contributed by atoms with Crippen LogP contribution in [0, 0.1) is 0 Å². The Morgan fingerprint density at radius 2 is 2.33 bits per heavy atom. The predicted molar refractivity (Wildman–Crippen MR) is 55.9 cm³/mol. The van der Waals surface area contributed by atoms with E-state index in [0.717, 1.165) is 10.2 Å². The summed E-state index contributed by atoms with van der Waals surface area (Å²) in [4.78, 5) is 12.6. The van der Waals surface area contributed by atoms with Gasteiger partial charge >= 0.3 is 8.25 Å². The molecular formula is C8H7NO4PS+. The normalized spacial score (nSPS) is 11.9. The van der Waals surface area contributed by atoms with Crippen LogP contribution in [0.3, 0.4) is 0 Å². The Morgan fingerprint density at radius 3 is 3.07 bits per heavy atom. The predicted octanol–water partition coefficient (Wildman–Crippen LogP) is 2.17. The van der Waals surface area contributed by atoms with Gasteiger partial charge < -0.3 is 5.11 Å². The maximum atomic E-state index is 10.3. The summed E-state index contributed by atoms with van der Waals surface area (Å²) in [5, 5.41) is 9.82. The SMILES string of the molecule is O=[P+](O)OCc1nc2ccc(O)cc2s1. The molecule has 0 aliphatic rings. The van der Waals surface area contributed by atoms with Crippen molar-refractivity contribution in [1.29, 1.82) is 0 Å². The van der Waals surface area contributed by atoms with Crippen molar-refractivity contribution in [3.05, 3.63) is 23.2 Å². The minimum atomic E-state index is -2.59. The van der Waals surface area contributed by atoms with E-state index in [1.165, 1.54) is 11.3 Å². The molecule has 5 nitrogen and oxygen atoms in total. The van der Waals surface area contributed by atoms with Crippen LogP contribution in [0.4, 0.5) is 0 Å². The lowest BCUT2D eigenvalue weighted by atomic mass is 10.3. The van der Waals surface area contributed by atoms with Gasteiger partial charge in [-0.3, -0.25) is 0 Å². The number of phenolic OH excluding ortho intramolecular Hbond substituents is 1. The number of benzene rings is 1. The molecule has 1 aromatic heterocycles. The molecule has 7 heteroatoms. The Labute approximate surface area is 89.9 Å². The van der Waals surface area contributed by atoms with E-state index in [-0.39, 0.29) is 12.4 Å². The van der Waals surface area contributed by atoms with Crippen molar-refractivity contribution in [2.45, 2.75) is 6.61 Å². The van der Waals surface area contributed by atoms with Crippen LogP contribution < -0.4 is 0 Å². The lowest BCUT2D eigenvalue weighted by Gasteiger charge is -1.87. The Kier molecular flexibility index (Phi) is 2.93. The van der Waals surface area contributed by atoms with Crippen LogP contribution in [0.2, 0.25) is 0 Å². The number of aromatic hydroxyl groups is 1. The average molecular weight is 244 g/mol. The van der Waals surface area contributed by atoms with E-state index in [1.54, 1.807) is 18.2 Å². The largest absolute Gasteiger partial charge is 0.695 e. The molecule has 0 aliphatic carbocycles. The molecule has 0 fully saturated rings. The molecule has 0 saturated carbocycles. The van der Waals surface area contributed by atoms with Gasteiger partial charge in [0.1, 0.15) is 10.8 Å². The minimum absolute atomic E-state index is 0.00577. The molecule has 2 rings (SSSR count). The quantitative estimate of drug-likeness (QED) is 0.809. The molecule has 0 bridgehead atoms. The maximum absolute atomic E-state index is 10.3. The number of rotatable bonds is 3. The molecule has 1 atom stereocenters. The van der Waals surface area contributed by atoms with E-state index in [9.17, 15) is 9.67 Å². The first kappa shape index (κ1) is 10.4. The molecule has 0 amide bonds. The number of phenols is 1. The van der Waals surface area contributed by atoms with Gasteiger partial charge in [-0.15, -0.1) is 20.8 Å². The zero-order chi connectivity index (χ0) is 10.8. The molecule has 1 aromatic carbocycles. The van der Waals surface area contributed by atoms with Crippen LogP contribution in [0.1, 0.15) is 5.01 Å². The van der Waals surface area contributed by atoms with Gasteiger partial charge in [-0.25, -0.2) is 4.98 Å². The zero-order valence-corrected chi connectivity index (χ0v) is 9.16. The second-order valence-electron chi connectivity index (χ2n) is 2.77. The van der Waals surface area contributed by atoms with E-state index < -0.39 is 8.25 Å². The zero-order valence-electron chi connectivity index (χ0n) is 7.45. The molecule has 1 heterocycles. The monoisotopic (exact) mass is 244 g/mol. The molecule has 0 spiro atoms. The first-order valence-corrected chi connectivity index (χ1v) is 5.97. The summed E-state index contributed by atoms with van der Waals surface area (Å²) >= 11 is 1.32. The number of hydrogen-bond donors (Lipinski definition) is 2. The van der Waals surface area contributed by atoms with Gasteiger partial charge in [-0.2, -0.15) is 0 Å². The lowest BCUT2D eigenvalue weighted by molar-refractivity contribution is 0.272. The molecule has 2 aromatic rings. The summed E-state index contributed by atoms with van der Waals surface area (Å²) in [5.74, 6) is 0.173. The molecule has 0 radical (unpaired) electrons. The standard InChI is InChI=1S/C8H6NO4PS/c10-5-1-2-6-7(3-5)15-8(9-6)4-13-14(11)12/h1-3H,4H2,(H-,10,11,12)/p+1. The van der Waals surface area contributed by atoms with Gasteiger partial charge in [0.05, 0.1) is 10.2 Å². The van der Waals surface area contributed by atoms with E-state index >= 15 is 0 Å². The Balaban J connectivity index is 2.27. The van der Waals surface area contributed by atoms with Crippen molar-refractivity contribution >= 4 is 29.8 Å². The number of thiazole rings is 1. The summed E-state index contributed by atoms with van der Waals surface area (Å²) in [6.45, 7) is 0.00577. The lowest BCUT2D eigenvalue weighted by Crippen LogP contribution is -1.82. The minimum Gasteiger partial charge on any atom is -0.508 e. The topological polar surface area (TPSA) is 79.7 Å². The fourth-order valence-corrected chi connectivity index (χ4v) is 2.37. The highest BCUT2D eigenvalue weighted by molar-refractivity contribution is 7.32. The van der Waals surface area contributed by atoms with Crippen molar-refractivity contribution in [1.82, 2.24) is 4.98 Å². The second kappa shape index (κ2) is 4.20. The van der Waals surface area contributed by atoms with Crippen molar-refractivity contribution < 1.29 is 19.1 Å². The molecule has 0 saturated heterocycles. The van der Waals surface area contributed by atoms with Crippen molar-refractivity contribution in [2.24, 2.45) is 0 Å². The molecule has 0 aliphatic heterocycles. The van der Waals surface area contributed by atoms with Gasteiger partial charge in [0.25, 0.3) is 0 Å². The van der Waals surface area contributed by atoms with Gasteiger partial charge in [-0.05, 0) is 18.2 Å². The molecule has 15 heavy (non-hydrogen) atoms. The maximum Gasteiger partial charge on any atom is 0.695 e. The average Bonchev–Trinajstić information content (AvgIpc) is 2.56. The first-order chi connectivity index (χ1) is 7.15. The summed E-state index contributed by atoms with van der Waals surface area (Å²) in [5.41, 5.74) is 0.740. The summed E-state index contributed by atoms with van der Waals surface area (Å²) < 4.78 is 15.7. The van der Waals surface area contributed by atoms with E-state index in [2.05, 4.69) is 9.51 Å². The molecular weight excluding hydrogens is 237 g/mol. The van der Waals surface area contributed by atoms with E-state index in [0.29, 0.717) is 5.01 Å². The van der Waals surface area contributed by atoms with Gasteiger partial charge in [0.15, 0.2) is 6.61 Å². The summed E-state index contributed by atoms with van der Waals surface area (Å²) in [6, 6.07) is 4.82. The van der Waals surface area contributed by atoms with Crippen LogP contribution in [0.5, 0.6) is 5.75 Å². The molecule has 1 unspecified atom stereocenters. The number of fused-ring (bicyclic) bond motifs is 1. The smallest absolute Gasteiger partial charge is 0.508 e. The molecule has 2 N–H and O–H groups in total. The third kappa shape index (κ3) is 2.49. The van der Waals surface area contributed by atoms with Gasteiger partial charge in [0.2, 0.25) is 0 Å². The Hall–Kier alpha value is -1.07. The summed E-state index contributed by atoms with van der Waals surface area (Å²) in [7, 11) is -2.59. The van der Waals surface area contributed by atoms with Crippen LogP contribution in [-0.4, -0.2) is 15.0 Å². The highest BCUT2D eigenvalue weighted by atomic mass is 32.1. The third-order valence-corrected chi connectivity index (χ3v) is 3.06. The Bertz CT molecular complexity index is 512. The van der Waals surface area contributed by atoms with Crippen molar-refractivity contribution in [2.75, 3.05) is 0 Å².